The lowest BCUT2D eigenvalue weighted by atomic mass is 9.98. The molecule has 0 unspecified atom stereocenters. The van der Waals surface area contributed by atoms with E-state index < -0.39 is 0 Å². The molecular formula is C21H29N3O. The van der Waals surface area contributed by atoms with E-state index in [0.29, 0.717) is 13.2 Å². The Kier molecular flexibility index (Phi) is 6.86. The third-order valence-corrected chi connectivity index (χ3v) is 4.75. The predicted octanol–water partition coefficient (Wildman–Crippen LogP) is 2.78. The van der Waals surface area contributed by atoms with E-state index in [1.807, 2.05) is 6.07 Å². The van der Waals surface area contributed by atoms with E-state index in [-0.39, 0.29) is 0 Å². The highest BCUT2D eigenvalue weighted by molar-refractivity contribution is 5.65. The molecule has 1 aliphatic heterocycles. The molecule has 1 saturated heterocycles. The molecule has 3 rings (SSSR count). The zero-order chi connectivity index (χ0) is 17.3. The Balaban J connectivity index is 1.69. The van der Waals surface area contributed by atoms with Crippen molar-refractivity contribution in [2.45, 2.75) is 19.4 Å². The topological polar surface area (TPSA) is 59.3 Å². The summed E-state index contributed by atoms with van der Waals surface area (Å²) < 4.78 is 5.84. The number of benzene rings is 2. The maximum Gasteiger partial charge on any atom is 0.123 e. The number of hydrogen-bond donors (Lipinski definition) is 3. The largest absolute Gasteiger partial charge is 0.492 e. The van der Waals surface area contributed by atoms with Crippen LogP contribution in [0, 0.1) is 5.92 Å². The molecule has 4 nitrogen and oxygen atoms in total. The second kappa shape index (κ2) is 9.56. The van der Waals surface area contributed by atoms with E-state index in [4.69, 9.17) is 10.5 Å². The van der Waals surface area contributed by atoms with Gasteiger partial charge in [-0.3, -0.25) is 0 Å². The number of ether oxygens (including phenoxy) is 1. The number of piperidine rings is 1. The predicted molar refractivity (Wildman–Crippen MR) is 104 cm³/mol. The molecule has 0 amide bonds. The summed E-state index contributed by atoms with van der Waals surface area (Å²) >= 11 is 0. The Morgan fingerprint density at radius 3 is 2.60 bits per heavy atom. The number of rotatable bonds is 8. The van der Waals surface area contributed by atoms with Gasteiger partial charge in [-0.15, -0.1) is 0 Å². The van der Waals surface area contributed by atoms with Gasteiger partial charge in [0.2, 0.25) is 0 Å². The van der Waals surface area contributed by atoms with Crippen LogP contribution in [0.3, 0.4) is 0 Å². The van der Waals surface area contributed by atoms with Crippen LogP contribution in [0.5, 0.6) is 5.75 Å². The van der Waals surface area contributed by atoms with Crippen molar-refractivity contribution in [3.63, 3.8) is 0 Å². The fraction of sp³-hybridized carbons (Fsp3) is 0.429. The minimum atomic E-state index is 0.530. The van der Waals surface area contributed by atoms with Crippen molar-refractivity contribution in [2.24, 2.45) is 11.7 Å². The molecule has 0 radical (unpaired) electrons. The minimum Gasteiger partial charge on any atom is -0.492 e. The Morgan fingerprint density at radius 2 is 1.84 bits per heavy atom. The van der Waals surface area contributed by atoms with E-state index in [2.05, 4.69) is 53.1 Å². The molecule has 1 fully saturated rings. The highest BCUT2D eigenvalue weighted by Crippen LogP contribution is 2.27. The molecule has 4 N–H and O–H groups in total. The Morgan fingerprint density at radius 1 is 1.04 bits per heavy atom. The SMILES string of the molecule is NCCOc1ccc(-c2ccccc2)cc1CNCC1CCNCC1. The summed E-state index contributed by atoms with van der Waals surface area (Å²) in [6.07, 6.45) is 2.52. The average Bonchev–Trinajstić information content (AvgIpc) is 2.68. The molecule has 1 heterocycles. The Hall–Kier alpha value is -1.88. The molecule has 0 bridgehead atoms. The van der Waals surface area contributed by atoms with Crippen LogP contribution in [0.25, 0.3) is 11.1 Å². The first-order valence-electron chi connectivity index (χ1n) is 9.29. The fourth-order valence-electron chi connectivity index (χ4n) is 3.33. The van der Waals surface area contributed by atoms with Crippen LogP contribution < -0.4 is 21.1 Å². The second-order valence-corrected chi connectivity index (χ2v) is 6.65. The first-order chi connectivity index (χ1) is 12.4. The third-order valence-electron chi connectivity index (χ3n) is 4.75. The van der Waals surface area contributed by atoms with Gasteiger partial charge in [-0.1, -0.05) is 36.4 Å². The van der Waals surface area contributed by atoms with E-state index in [9.17, 15) is 0 Å². The van der Waals surface area contributed by atoms with Crippen LogP contribution in [-0.2, 0) is 6.54 Å². The van der Waals surface area contributed by atoms with Gasteiger partial charge in [-0.25, -0.2) is 0 Å². The Bertz CT molecular complexity index is 639. The van der Waals surface area contributed by atoms with Crippen molar-refractivity contribution in [1.82, 2.24) is 10.6 Å². The first kappa shape index (κ1) is 17.9. The smallest absolute Gasteiger partial charge is 0.123 e. The number of nitrogens with two attached hydrogens (primary N) is 1. The van der Waals surface area contributed by atoms with Crippen molar-refractivity contribution in [3.8, 4) is 16.9 Å². The highest BCUT2D eigenvalue weighted by Gasteiger charge is 2.13. The van der Waals surface area contributed by atoms with Crippen LogP contribution in [0.2, 0.25) is 0 Å². The third kappa shape index (κ3) is 5.30. The van der Waals surface area contributed by atoms with E-state index in [1.54, 1.807) is 0 Å². The van der Waals surface area contributed by atoms with Crippen molar-refractivity contribution in [2.75, 3.05) is 32.8 Å². The van der Waals surface area contributed by atoms with Crippen LogP contribution in [0.4, 0.5) is 0 Å². The summed E-state index contributed by atoms with van der Waals surface area (Å²) in [6.45, 7) is 5.24. The van der Waals surface area contributed by atoms with Crippen LogP contribution in [0.15, 0.2) is 48.5 Å². The Labute approximate surface area is 150 Å². The summed E-state index contributed by atoms with van der Waals surface area (Å²) in [6, 6.07) is 16.9. The van der Waals surface area contributed by atoms with Gasteiger partial charge in [0.15, 0.2) is 0 Å². The molecular weight excluding hydrogens is 310 g/mol. The van der Waals surface area contributed by atoms with Crippen LogP contribution >= 0.6 is 0 Å². The maximum atomic E-state index is 5.84. The van der Waals surface area contributed by atoms with Crippen LogP contribution in [-0.4, -0.2) is 32.8 Å². The zero-order valence-corrected chi connectivity index (χ0v) is 14.8. The molecule has 25 heavy (non-hydrogen) atoms. The highest BCUT2D eigenvalue weighted by atomic mass is 16.5. The van der Waals surface area contributed by atoms with E-state index >= 15 is 0 Å². The molecule has 2 aromatic rings. The van der Waals surface area contributed by atoms with Gasteiger partial charge in [0.05, 0.1) is 0 Å². The van der Waals surface area contributed by atoms with Gasteiger partial charge in [0.25, 0.3) is 0 Å². The summed E-state index contributed by atoms with van der Waals surface area (Å²) in [5.74, 6) is 1.70. The summed E-state index contributed by atoms with van der Waals surface area (Å²) in [4.78, 5) is 0. The van der Waals surface area contributed by atoms with Crippen molar-refractivity contribution >= 4 is 0 Å². The lowest BCUT2D eigenvalue weighted by molar-refractivity contribution is 0.321. The lowest BCUT2D eigenvalue weighted by Crippen LogP contribution is -2.33. The van der Waals surface area contributed by atoms with Crippen molar-refractivity contribution < 1.29 is 4.74 Å². The molecule has 0 spiro atoms. The quantitative estimate of drug-likeness (QED) is 0.692. The van der Waals surface area contributed by atoms with E-state index in [1.165, 1.54) is 29.5 Å². The number of nitrogens with one attached hydrogen (secondary N) is 2. The van der Waals surface area contributed by atoms with Gasteiger partial charge < -0.3 is 21.1 Å². The molecule has 4 heteroatoms. The van der Waals surface area contributed by atoms with Crippen molar-refractivity contribution in [3.05, 3.63) is 54.1 Å². The van der Waals surface area contributed by atoms with E-state index in [0.717, 1.165) is 37.8 Å². The normalized spacial score (nSPS) is 15.2. The monoisotopic (exact) mass is 339 g/mol. The second-order valence-electron chi connectivity index (χ2n) is 6.65. The maximum absolute atomic E-state index is 5.84. The summed E-state index contributed by atoms with van der Waals surface area (Å²) in [5.41, 5.74) is 9.25. The zero-order valence-electron chi connectivity index (χ0n) is 14.8. The molecule has 1 aliphatic rings. The van der Waals surface area contributed by atoms with Gasteiger partial charge >= 0.3 is 0 Å². The molecule has 0 aliphatic carbocycles. The summed E-state index contributed by atoms with van der Waals surface area (Å²) in [7, 11) is 0. The van der Waals surface area contributed by atoms with Gasteiger partial charge in [0.1, 0.15) is 12.4 Å². The van der Waals surface area contributed by atoms with Crippen molar-refractivity contribution in [1.29, 1.82) is 0 Å². The molecule has 134 valence electrons. The average molecular weight is 339 g/mol. The van der Waals surface area contributed by atoms with Gasteiger partial charge in [-0.05, 0) is 61.7 Å². The standard InChI is InChI=1S/C21H29N3O/c22-10-13-25-21-7-6-19(18-4-2-1-3-5-18)14-20(21)16-24-15-17-8-11-23-12-9-17/h1-7,14,17,23-24H,8-13,15-16,22H2. The molecule has 0 atom stereocenters. The lowest BCUT2D eigenvalue weighted by Gasteiger charge is -2.23. The number of hydrogen-bond acceptors (Lipinski definition) is 4. The van der Waals surface area contributed by atoms with Crippen LogP contribution in [0.1, 0.15) is 18.4 Å². The van der Waals surface area contributed by atoms with Gasteiger partial charge in [0, 0.05) is 18.7 Å². The minimum absolute atomic E-state index is 0.530. The van der Waals surface area contributed by atoms with Gasteiger partial charge in [-0.2, -0.15) is 0 Å². The molecule has 0 saturated carbocycles. The molecule has 2 aromatic carbocycles. The fourth-order valence-corrected chi connectivity index (χ4v) is 3.33. The first-order valence-corrected chi connectivity index (χ1v) is 9.29. The summed E-state index contributed by atoms with van der Waals surface area (Å²) in [5, 5.41) is 7.05. The molecule has 0 aromatic heterocycles.